The van der Waals surface area contributed by atoms with Gasteiger partial charge in [0.15, 0.2) is 0 Å². The largest absolute Gasteiger partial charge is 0.382 e. The Labute approximate surface area is 188 Å². The van der Waals surface area contributed by atoms with Gasteiger partial charge in [-0.2, -0.15) is 0 Å². The minimum Gasteiger partial charge on any atom is -0.382 e. The lowest BCUT2D eigenvalue weighted by Crippen LogP contribution is -2.35. The first-order valence-corrected chi connectivity index (χ1v) is 11.1. The van der Waals surface area contributed by atoms with Crippen molar-refractivity contribution in [2.45, 2.75) is 12.8 Å². The van der Waals surface area contributed by atoms with E-state index in [1.807, 2.05) is 30.3 Å². The number of anilines is 1. The molecule has 7 heteroatoms. The summed E-state index contributed by atoms with van der Waals surface area (Å²) in [5.41, 5.74) is 2.10. The van der Waals surface area contributed by atoms with E-state index in [2.05, 4.69) is 55.7 Å². The second-order valence-corrected chi connectivity index (χ2v) is 7.84. The topological polar surface area (TPSA) is 62.8 Å². The summed E-state index contributed by atoms with van der Waals surface area (Å²) in [6, 6.07) is 17.7. The van der Waals surface area contributed by atoms with Gasteiger partial charge in [0.05, 0.1) is 19.8 Å². The van der Waals surface area contributed by atoms with Gasteiger partial charge in [-0.05, 0) is 49.2 Å². The molecule has 0 saturated carbocycles. The van der Waals surface area contributed by atoms with Crippen LogP contribution in [0.1, 0.15) is 12.0 Å². The van der Waals surface area contributed by atoms with E-state index in [1.54, 1.807) is 7.11 Å². The van der Waals surface area contributed by atoms with Gasteiger partial charge in [0.2, 0.25) is 0 Å². The zero-order valence-electron chi connectivity index (χ0n) is 17.6. The number of hydrogen-bond donors (Lipinski definition) is 2. The van der Waals surface area contributed by atoms with Gasteiger partial charge in [-0.15, -0.1) is 0 Å². The quantitative estimate of drug-likeness (QED) is 0.400. The Balaban J connectivity index is 1.70. The number of methoxy groups -OCH3 is 1. The van der Waals surface area contributed by atoms with E-state index in [0.717, 1.165) is 42.6 Å². The molecule has 0 fully saturated rings. The second kappa shape index (κ2) is 15.0. The summed E-state index contributed by atoms with van der Waals surface area (Å²) >= 11 is 3.48. The molecule has 2 rings (SSSR count). The van der Waals surface area contributed by atoms with Crippen molar-refractivity contribution in [3.8, 4) is 0 Å². The van der Waals surface area contributed by atoms with Crippen LogP contribution in [-0.2, 0) is 15.9 Å². The molecule has 0 aromatic heterocycles. The van der Waals surface area contributed by atoms with Crippen LogP contribution in [0.4, 0.5) is 10.5 Å². The molecule has 30 heavy (non-hydrogen) atoms. The van der Waals surface area contributed by atoms with Gasteiger partial charge in [0.1, 0.15) is 0 Å². The number of benzene rings is 2. The normalized spacial score (nSPS) is 10.9. The summed E-state index contributed by atoms with van der Waals surface area (Å²) in [5, 5.41) is 5.76. The predicted molar refractivity (Wildman–Crippen MR) is 125 cm³/mol. The Morgan fingerprint density at radius 1 is 0.967 bits per heavy atom. The third-order valence-electron chi connectivity index (χ3n) is 4.58. The fourth-order valence-electron chi connectivity index (χ4n) is 2.91. The number of para-hydroxylation sites is 1. The molecular formula is C23H32BrN3O3. The molecule has 0 aliphatic rings. The lowest BCUT2D eigenvalue weighted by Gasteiger charge is -2.22. The molecule has 6 nitrogen and oxygen atoms in total. The fraction of sp³-hybridized carbons (Fsp3) is 0.435. The molecule has 0 spiro atoms. The van der Waals surface area contributed by atoms with Gasteiger partial charge in [-0.3, -0.25) is 0 Å². The number of nitrogens with one attached hydrogen (secondary N) is 2. The number of carbonyl (C=O) groups excluding carboxylic acids is 1. The van der Waals surface area contributed by atoms with Gasteiger partial charge in [-0.1, -0.05) is 46.3 Å². The summed E-state index contributed by atoms with van der Waals surface area (Å²) in [7, 11) is 1.68. The minimum absolute atomic E-state index is 0.175. The molecule has 0 bridgehead atoms. The average Bonchev–Trinajstić information content (AvgIpc) is 2.76. The van der Waals surface area contributed by atoms with Crippen LogP contribution in [0.15, 0.2) is 59.1 Å². The number of halogens is 1. The van der Waals surface area contributed by atoms with Crippen molar-refractivity contribution in [1.82, 2.24) is 10.2 Å². The second-order valence-electron chi connectivity index (χ2n) is 6.92. The summed E-state index contributed by atoms with van der Waals surface area (Å²) in [5.74, 6) is 0. The van der Waals surface area contributed by atoms with Gasteiger partial charge in [0, 0.05) is 36.9 Å². The monoisotopic (exact) mass is 477 g/mol. The maximum absolute atomic E-state index is 12.0. The van der Waals surface area contributed by atoms with Gasteiger partial charge < -0.3 is 25.0 Å². The first kappa shape index (κ1) is 24.3. The summed E-state index contributed by atoms with van der Waals surface area (Å²) in [4.78, 5) is 14.4. The zero-order chi connectivity index (χ0) is 21.4. The molecule has 0 radical (unpaired) electrons. The number of nitrogens with zero attached hydrogens (tertiary/aromatic N) is 1. The van der Waals surface area contributed by atoms with Crippen molar-refractivity contribution >= 4 is 27.6 Å². The first-order chi connectivity index (χ1) is 14.7. The highest BCUT2D eigenvalue weighted by atomic mass is 79.9. The van der Waals surface area contributed by atoms with Crippen LogP contribution in [0.2, 0.25) is 0 Å². The summed E-state index contributed by atoms with van der Waals surface area (Å²) in [6.45, 7) is 5.22. The Morgan fingerprint density at radius 2 is 1.73 bits per heavy atom. The van der Waals surface area contributed by atoms with Crippen LogP contribution >= 0.6 is 15.9 Å². The number of amides is 2. The van der Waals surface area contributed by atoms with Gasteiger partial charge in [-0.25, -0.2) is 4.79 Å². The van der Waals surface area contributed by atoms with Crippen LogP contribution in [0.25, 0.3) is 0 Å². The van der Waals surface area contributed by atoms with E-state index in [0.29, 0.717) is 26.4 Å². The lowest BCUT2D eigenvalue weighted by atomic mass is 10.1. The van der Waals surface area contributed by atoms with Crippen molar-refractivity contribution in [2.24, 2.45) is 0 Å². The van der Waals surface area contributed by atoms with Crippen molar-refractivity contribution < 1.29 is 14.3 Å². The predicted octanol–water partition coefficient (Wildman–Crippen LogP) is 4.17. The Hall–Kier alpha value is -1.93. The van der Waals surface area contributed by atoms with Crippen LogP contribution in [0, 0.1) is 0 Å². The van der Waals surface area contributed by atoms with Crippen molar-refractivity contribution in [1.29, 1.82) is 0 Å². The summed E-state index contributed by atoms with van der Waals surface area (Å²) in [6.07, 6.45) is 1.86. The van der Waals surface area contributed by atoms with Crippen LogP contribution < -0.4 is 10.6 Å². The highest BCUT2D eigenvalue weighted by Crippen LogP contribution is 2.11. The molecule has 2 aromatic rings. The molecule has 0 heterocycles. The maximum atomic E-state index is 12.0. The molecule has 2 aromatic carbocycles. The van der Waals surface area contributed by atoms with Gasteiger partial charge in [0.25, 0.3) is 0 Å². The first-order valence-electron chi connectivity index (χ1n) is 10.3. The third kappa shape index (κ3) is 10.7. The molecule has 2 N–H and O–H groups in total. The molecule has 164 valence electrons. The number of carbonyl (C=O) groups is 1. The van der Waals surface area contributed by atoms with Crippen molar-refractivity contribution in [2.75, 3.05) is 58.4 Å². The van der Waals surface area contributed by atoms with Gasteiger partial charge >= 0.3 is 6.03 Å². The van der Waals surface area contributed by atoms with Crippen LogP contribution in [0.3, 0.4) is 0 Å². The number of urea groups is 1. The Bertz CT molecular complexity index is 713. The number of rotatable bonds is 14. The van der Waals surface area contributed by atoms with E-state index in [4.69, 9.17) is 9.47 Å². The zero-order valence-corrected chi connectivity index (χ0v) is 19.2. The maximum Gasteiger partial charge on any atom is 0.319 e. The highest BCUT2D eigenvalue weighted by molar-refractivity contribution is 9.10. The molecule has 2 amide bonds. The molecule has 0 aliphatic carbocycles. The molecule has 0 atom stereocenters. The molecule has 0 aliphatic heterocycles. The standard InChI is InChI=1S/C23H32BrN3O3/c1-29-18-19-30-17-16-27(15-12-20-8-10-21(24)11-9-20)14-5-13-25-23(28)26-22-6-3-2-4-7-22/h2-4,6-11H,5,12-19H2,1H3,(H2,25,26,28). The van der Waals surface area contributed by atoms with Crippen LogP contribution in [0.5, 0.6) is 0 Å². The molecular weight excluding hydrogens is 446 g/mol. The van der Waals surface area contributed by atoms with E-state index in [1.165, 1.54) is 5.56 Å². The lowest BCUT2D eigenvalue weighted by molar-refractivity contribution is 0.0571. The Kier molecular flexibility index (Phi) is 12.1. The van der Waals surface area contributed by atoms with E-state index >= 15 is 0 Å². The molecule has 0 unspecified atom stereocenters. The third-order valence-corrected chi connectivity index (χ3v) is 5.11. The van der Waals surface area contributed by atoms with Crippen molar-refractivity contribution in [3.63, 3.8) is 0 Å². The Morgan fingerprint density at radius 3 is 2.47 bits per heavy atom. The van der Waals surface area contributed by atoms with E-state index < -0.39 is 0 Å². The highest BCUT2D eigenvalue weighted by Gasteiger charge is 2.07. The van der Waals surface area contributed by atoms with Crippen molar-refractivity contribution in [3.05, 3.63) is 64.6 Å². The smallest absolute Gasteiger partial charge is 0.319 e. The van der Waals surface area contributed by atoms with Crippen LogP contribution in [-0.4, -0.2) is 64.0 Å². The average molecular weight is 478 g/mol. The summed E-state index contributed by atoms with van der Waals surface area (Å²) < 4.78 is 11.7. The fourth-order valence-corrected chi connectivity index (χ4v) is 3.18. The SMILES string of the molecule is COCCOCCN(CCCNC(=O)Nc1ccccc1)CCc1ccc(Br)cc1. The van der Waals surface area contributed by atoms with E-state index in [-0.39, 0.29) is 6.03 Å². The molecule has 0 saturated heterocycles. The number of ether oxygens (including phenoxy) is 2. The number of hydrogen-bond acceptors (Lipinski definition) is 4. The van der Waals surface area contributed by atoms with E-state index in [9.17, 15) is 4.79 Å². The minimum atomic E-state index is -0.175.